The number of thiophene rings is 1. The molecule has 0 saturated heterocycles. The van der Waals surface area contributed by atoms with E-state index in [2.05, 4.69) is 15.0 Å². The molecule has 0 unspecified atom stereocenters. The maximum atomic E-state index is 14.3. The molecule has 4 aromatic rings. The van der Waals surface area contributed by atoms with E-state index in [1.165, 1.54) is 43.7 Å². The summed E-state index contributed by atoms with van der Waals surface area (Å²) in [6, 6.07) is 11.1. The highest BCUT2D eigenvalue weighted by atomic mass is 35.5. The average Bonchev–Trinajstić information content (AvgIpc) is 3.23. The minimum absolute atomic E-state index is 0.0729. The van der Waals surface area contributed by atoms with Crippen molar-refractivity contribution in [1.29, 1.82) is 0 Å². The molecule has 4 rings (SSSR count). The van der Waals surface area contributed by atoms with Crippen molar-refractivity contribution in [3.05, 3.63) is 86.7 Å². The quantitative estimate of drug-likeness (QED) is 0.187. The number of nitrogens with one attached hydrogen (secondary N) is 2. The third-order valence-electron chi connectivity index (χ3n) is 5.97. The third kappa shape index (κ3) is 7.95. The Balaban J connectivity index is 1.63. The Bertz CT molecular complexity index is 1840. The summed E-state index contributed by atoms with van der Waals surface area (Å²) in [7, 11) is -6.32. The number of carbonyl (C=O) groups is 1. The van der Waals surface area contributed by atoms with Crippen LogP contribution in [-0.2, 0) is 14.6 Å². The van der Waals surface area contributed by atoms with Gasteiger partial charge in [0.25, 0.3) is 5.91 Å². The van der Waals surface area contributed by atoms with E-state index < -0.39 is 40.8 Å². The van der Waals surface area contributed by atoms with Gasteiger partial charge in [-0.25, -0.2) is 22.2 Å². The Morgan fingerprint density at radius 3 is 2.40 bits per heavy atom. The first kappa shape index (κ1) is 31.6. The number of ether oxygens (including phenoxy) is 1. The Labute approximate surface area is 251 Å². The fraction of sp³-hybridized carbons (Fsp3) is 0.214. The first-order chi connectivity index (χ1) is 19.5. The molecule has 42 heavy (non-hydrogen) atoms. The molecular weight excluding hydrogens is 627 g/mol. The Kier molecular flexibility index (Phi) is 9.13. The minimum Gasteiger partial charge on any atom is -0.484 e. The van der Waals surface area contributed by atoms with Crippen LogP contribution in [0, 0.1) is 18.6 Å². The van der Waals surface area contributed by atoms with Gasteiger partial charge in [-0.1, -0.05) is 11.6 Å². The van der Waals surface area contributed by atoms with Crippen molar-refractivity contribution >= 4 is 62.7 Å². The molecule has 2 aromatic carbocycles. The van der Waals surface area contributed by atoms with Gasteiger partial charge in [-0.05, 0) is 75.2 Å². The van der Waals surface area contributed by atoms with Gasteiger partial charge in [-0.15, -0.1) is 11.3 Å². The van der Waals surface area contributed by atoms with Crippen molar-refractivity contribution in [3.8, 4) is 17.0 Å². The van der Waals surface area contributed by atoms with E-state index in [1.54, 1.807) is 26.0 Å². The van der Waals surface area contributed by atoms with Gasteiger partial charge in [-0.2, -0.15) is 0 Å². The molecule has 0 fully saturated rings. The van der Waals surface area contributed by atoms with Crippen LogP contribution < -0.4 is 20.1 Å². The van der Waals surface area contributed by atoms with E-state index in [0.29, 0.717) is 26.2 Å². The van der Waals surface area contributed by atoms with Crippen LogP contribution in [0.2, 0.25) is 5.02 Å². The van der Waals surface area contributed by atoms with Gasteiger partial charge in [0, 0.05) is 32.5 Å². The Morgan fingerprint density at radius 1 is 1.05 bits per heavy atom. The summed E-state index contributed by atoms with van der Waals surface area (Å²) in [4.78, 5) is 18.3. The molecule has 0 saturated carbocycles. The monoisotopic (exact) mass is 653 g/mol. The van der Waals surface area contributed by atoms with Crippen molar-refractivity contribution < 1.29 is 31.3 Å². The van der Waals surface area contributed by atoms with Crippen molar-refractivity contribution in [1.82, 2.24) is 4.98 Å². The molecule has 0 bridgehead atoms. The van der Waals surface area contributed by atoms with Crippen LogP contribution >= 0.6 is 30.1 Å². The van der Waals surface area contributed by atoms with Gasteiger partial charge in [-0.3, -0.25) is 9.52 Å². The number of halogens is 3. The van der Waals surface area contributed by atoms with Gasteiger partial charge in [0.1, 0.15) is 36.3 Å². The van der Waals surface area contributed by atoms with Crippen molar-refractivity contribution in [3.63, 3.8) is 0 Å². The molecule has 14 heteroatoms. The van der Waals surface area contributed by atoms with Gasteiger partial charge in [0.05, 0.1) is 23.0 Å². The summed E-state index contributed by atoms with van der Waals surface area (Å²) in [6.07, 6.45) is 1.26. The van der Waals surface area contributed by atoms with Crippen molar-refractivity contribution in [2.45, 2.75) is 20.0 Å². The zero-order chi connectivity index (χ0) is 31.0. The van der Waals surface area contributed by atoms with E-state index in [9.17, 15) is 26.6 Å². The molecule has 222 valence electrons. The SMILES string of the molecule is Cc1sc(C(=O)Nc2cc(Cl)cc(NS(C)(=O)=O)c2)cc1-c1ncc(F)cc1O[C@H](C)c1cc(F)cc(P(C)(C)=O)c1. The number of hydrogen-bond donors (Lipinski definition) is 2. The van der Waals surface area contributed by atoms with Crippen LogP contribution in [-0.4, -0.2) is 38.9 Å². The molecular formula is C28H27ClF2N3O5PS2. The molecule has 0 spiro atoms. The summed E-state index contributed by atoms with van der Waals surface area (Å²) in [5.41, 5.74) is 1.65. The van der Waals surface area contributed by atoms with E-state index in [-0.39, 0.29) is 27.8 Å². The highest BCUT2D eigenvalue weighted by molar-refractivity contribution is 7.92. The molecule has 8 nitrogen and oxygen atoms in total. The summed E-state index contributed by atoms with van der Waals surface area (Å²) in [5.74, 6) is -1.64. The van der Waals surface area contributed by atoms with Crippen LogP contribution in [0.5, 0.6) is 5.75 Å². The first-order valence-corrected chi connectivity index (χ1v) is 18.1. The number of benzene rings is 2. The number of hydrogen-bond acceptors (Lipinski definition) is 7. The summed E-state index contributed by atoms with van der Waals surface area (Å²) in [5, 5.41) is 3.26. The molecule has 0 aliphatic rings. The van der Waals surface area contributed by atoms with Crippen LogP contribution in [0.3, 0.4) is 0 Å². The fourth-order valence-electron chi connectivity index (χ4n) is 4.07. The van der Waals surface area contributed by atoms with Crippen molar-refractivity contribution in [2.24, 2.45) is 0 Å². The highest BCUT2D eigenvalue weighted by Crippen LogP contribution is 2.39. The lowest BCUT2D eigenvalue weighted by Crippen LogP contribution is -2.12. The maximum absolute atomic E-state index is 14.3. The number of anilines is 2. The lowest BCUT2D eigenvalue weighted by Gasteiger charge is -2.19. The molecule has 2 aromatic heterocycles. The van der Waals surface area contributed by atoms with Crippen LogP contribution in [0.1, 0.15) is 33.1 Å². The van der Waals surface area contributed by atoms with Gasteiger partial charge in [0.15, 0.2) is 0 Å². The number of aryl methyl sites for hydroxylation is 1. The predicted octanol–water partition coefficient (Wildman–Crippen LogP) is 7.06. The third-order valence-corrected chi connectivity index (χ3v) is 9.35. The van der Waals surface area contributed by atoms with Gasteiger partial charge < -0.3 is 14.6 Å². The van der Waals surface area contributed by atoms with E-state index in [4.69, 9.17) is 16.3 Å². The number of pyridine rings is 1. The molecule has 2 N–H and O–H groups in total. The number of rotatable bonds is 9. The van der Waals surface area contributed by atoms with E-state index in [0.717, 1.165) is 29.9 Å². The van der Waals surface area contributed by atoms with Gasteiger partial charge in [0.2, 0.25) is 10.0 Å². The largest absolute Gasteiger partial charge is 0.484 e. The molecule has 2 heterocycles. The Hall–Kier alpha value is -3.31. The zero-order valence-electron chi connectivity index (χ0n) is 23.2. The summed E-state index contributed by atoms with van der Waals surface area (Å²) < 4.78 is 72.8. The topological polar surface area (TPSA) is 114 Å². The summed E-state index contributed by atoms with van der Waals surface area (Å²) in [6.45, 7) is 6.50. The van der Waals surface area contributed by atoms with Crippen LogP contribution in [0.25, 0.3) is 11.3 Å². The predicted molar refractivity (Wildman–Crippen MR) is 165 cm³/mol. The molecule has 1 atom stereocenters. The maximum Gasteiger partial charge on any atom is 0.265 e. The second kappa shape index (κ2) is 12.1. The second-order valence-corrected chi connectivity index (χ2v) is 16.7. The average molecular weight is 654 g/mol. The molecule has 0 aliphatic carbocycles. The van der Waals surface area contributed by atoms with E-state index >= 15 is 0 Å². The standard InChI is InChI=1S/C28H27ClF2N3O5PS2/c1-15(17-6-19(30)10-23(7-17)40(3,4)36)39-25-11-20(31)14-32-27(25)24-13-26(41-16(24)2)28(35)33-21-8-18(29)9-22(12-21)34-42(5,37)38/h6-15,34H,1-5H3,(H,33,35)/t15-/m1/s1. The first-order valence-electron chi connectivity index (χ1n) is 12.4. The number of aromatic nitrogens is 1. The van der Waals surface area contributed by atoms with Crippen molar-refractivity contribution in [2.75, 3.05) is 29.6 Å². The number of nitrogens with zero attached hydrogens (tertiary/aromatic N) is 1. The van der Waals surface area contributed by atoms with Gasteiger partial charge >= 0.3 is 0 Å². The fourth-order valence-corrected chi connectivity index (χ4v) is 6.66. The zero-order valence-corrected chi connectivity index (χ0v) is 26.4. The molecule has 0 radical (unpaired) electrons. The normalized spacial score (nSPS) is 12.6. The van der Waals surface area contributed by atoms with E-state index in [1.807, 2.05) is 0 Å². The number of carbonyl (C=O) groups excluding carboxylic acids is 1. The number of sulfonamides is 1. The highest BCUT2D eigenvalue weighted by Gasteiger charge is 2.22. The summed E-state index contributed by atoms with van der Waals surface area (Å²) >= 11 is 7.27. The van der Waals surface area contributed by atoms with Crippen LogP contribution in [0.15, 0.2) is 54.7 Å². The number of amides is 1. The lowest BCUT2D eigenvalue weighted by molar-refractivity contribution is 0.103. The molecule has 0 aliphatic heterocycles. The lowest BCUT2D eigenvalue weighted by atomic mass is 10.1. The Morgan fingerprint density at radius 2 is 1.74 bits per heavy atom. The smallest absolute Gasteiger partial charge is 0.265 e. The van der Waals surface area contributed by atoms with Crippen LogP contribution in [0.4, 0.5) is 20.2 Å². The molecule has 1 amide bonds. The minimum atomic E-state index is -3.56. The second-order valence-electron chi connectivity index (χ2n) is 9.99.